The SMILES string of the molecule is C=CCNC(=O)c1ccc(NC2CC(N)C2)cc1. The Morgan fingerprint density at radius 2 is 2.06 bits per heavy atom. The molecule has 0 bridgehead atoms. The Morgan fingerprint density at radius 1 is 1.39 bits per heavy atom. The summed E-state index contributed by atoms with van der Waals surface area (Å²) in [5, 5.41) is 6.13. The van der Waals surface area contributed by atoms with Crippen molar-refractivity contribution in [2.24, 2.45) is 5.73 Å². The summed E-state index contributed by atoms with van der Waals surface area (Å²) in [6.07, 6.45) is 3.69. The van der Waals surface area contributed by atoms with Crippen LogP contribution in [0, 0.1) is 0 Å². The van der Waals surface area contributed by atoms with Crippen LogP contribution in [0.5, 0.6) is 0 Å². The van der Waals surface area contributed by atoms with Gasteiger partial charge in [0.15, 0.2) is 0 Å². The van der Waals surface area contributed by atoms with E-state index in [0.29, 0.717) is 24.2 Å². The molecular weight excluding hydrogens is 226 g/mol. The van der Waals surface area contributed by atoms with E-state index in [0.717, 1.165) is 18.5 Å². The van der Waals surface area contributed by atoms with Crippen molar-refractivity contribution >= 4 is 11.6 Å². The van der Waals surface area contributed by atoms with Crippen LogP contribution < -0.4 is 16.4 Å². The zero-order valence-corrected chi connectivity index (χ0v) is 10.4. The molecule has 4 nitrogen and oxygen atoms in total. The van der Waals surface area contributed by atoms with Gasteiger partial charge in [0.1, 0.15) is 0 Å². The summed E-state index contributed by atoms with van der Waals surface area (Å²) in [6, 6.07) is 8.30. The van der Waals surface area contributed by atoms with E-state index in [1.54, 1.807) is 6.08 Å². The van der Waals surface area contributed by atoms with Crippen molar-refractivity contribution in [1.29, 1.82) is 0 Å². The quantitative estimate of drug-likeness (QED) is 0.689. The van der Waals surface area contributed by atoms with Gasteiger partial charge in [-0.15, -0.1) is 6.58 Å². The molecule has 1 amide bonds. The maximum Gasteiger partial charge on any atom is 0.251 e. The number of benzene rings is 1. The van der Waals surface area contributed by atoms with Gasteiger partial charge >= 0.3 is 0 Å². The number of carbonyl (C=O) groups is 1. The monoisotopic (exact) mass is 245 g/mol. The number of anilines is 1. The van der Waals surface area contributed by atoms with Crippen LogP contribution in [0.2, 0.25) is 0 Å². The standard InChI is InChI=1S/C14H19N3O/c1-2-7-16-14(18)10-3-5-12(6-4-10)17-13-8-11(15)9-13/h2-6,11,13,17H,1,7-9,15H2,(H,16,18). The fourth-order valence-electron chi connectivity index (χ4n) is 2.00. The maximum absolute atomic E-state index is 11.7. The first kappa shape index (κ1) is 12.6. The van der Waals surface area contributed by atoms with Gasteiger partial charge in [-0.25, -0.2) is 0 Å². The van der Waals surface area contributed by atoms with Crippen molar-refractivity contribution in [2.75, 3.05) is 11.9 Å². The topological polar surface area (TPSA) is 67.2 Å². The van der Waals surface area contributed by atoms with E-state index < -0.39 is 0 Å². The Hall–Kier alpha value is -1.81. The fraction of sp³-hybridized carbons (Fsp3) is 0.357. The lowest BCUT2D eigenvalue weighted by molar-refractivity contribution is 0.0958. The number of nitrogens with two attached hydrogens (primary N) is 1. The third kappa shape index (κ3) is 3.11. The summed E-state index contributed by atoms with van der Waals surface area (Å²) in [4.78, 5) is 11.7. The molecule has 0 saturated heterocycles. The largest absolute Gasteiger partial charge is 0.382 e. The molecular formula is C14H19N3O. The summed E-state index contributed by atoms with van der Waals surface area (Å²) < 4.78 is 0. The predicted molar refractivity (Wildman–Crippen MR) is 73.6 cm³/mol. The van der Waals surface area contributed by atoms with E-state index in [4.69, 9.17) is 5.73 Å². The van der Waals surface area contributed by atoms with Crippen molar-refractivity contribution < 1.29 is 4.79 Å². The molecule has 0 unspecified atom stereocenters. The molecule has 4 heteroatoms. The highest BCUT2D eigenvalue weighted by atomic mass is 16.1. The molecule has 4 N–H and O–H groups in total. The number of rotatable bonds is 5. The second kappa shape index (κ2) is 5.69. The van der Waals surface area contributed by atoms with Crippen molar-refractivity contribution in [3.8, 4) is 0 Å². The summed E-state index contributed by atoms with van der Waals surface area (Å²) in [6.45, 7) is 4.04. The maximum atomic E-state index is 11.7. The molecule has 2 rings (SSSR count). The third-order valence-corrected chi connectivity index (χ3v) is 3.10. The molecule has 18 heavy (non-hydrogen) atoms. The summed E-state index contributed by atoms with van der Waals surface area (Å²) in [5.74, 6) is -0.0767. The molecule has 1 aromatic carbocycles. The first-order valence-electron chi connectivity index (χ1n) is 6.20. The Morgan fingerprint density at radius 3 is 2.61 bits per heavy atom. The van der Waals surface area contributed by atoms with Crippen LogP contribution in [0.15, 0.2) is 36.9 Å². The molecule has 96 valence electrons. The minimum absolute atomic E-state index is 0.0767. The van der Waals surface area contributed by atoms with Crippen LogP contribution in [0.4, 0.5) is 5.69 Å². The zero-order chi connectivity index (χ0) is 13.0. The van der Waals surface area contributed by atoms with Crippen LogP contribution >= 0.6 is 0 Å². The molecule has 0 heterocycles. The lowest BCUT2D eigenvalue weighted by atomic mass is 9.87. The highest BCUT2D eigenvalue weighted by Crippen LogP contribution is 2.22. The molecule has 0 spiro atoms. The average molecular weight is 245 g/mol. The van der Waals surface area contributed by atoms with Gasteiger partial charge in [0.05, 0.1) is 0 Å². The average Bonchev–Trinajstić information content (AvgIpc) is 2.35. The van der Waals surface area contributed by atoms with E-state index >= 15 is 0 Å². The zero-order valence-electron chi connectivity index (χ0n) is 10.4. The molecule has 1 aromatic rings. The predicted octanol–water partition coefficient (Wildman–Crippen LogP) is 1.50. The molecule has 0 aliphatic heterocycles. The summed E-state index contributed by atoms with van der Waals surface area (Å²) in [5.41, 5.74) is 7.43. The fourth-order valence-corrected chi connectivity index (χ4v) is 2.00. The van der Waals surface area contributed by atoms with E-state index in [2.05, 4.69) is 17.2 Å². The van der Waals surface area contributed by atoms with Crippen LogP contribution in [0.1, 0.15) is 23.2 Å². The Balaban J connectivity index is 1.88. The summed E-state index contributed by atoms with van der Waals surface area (Å²) >= 11 is 0. The van der Waals surface area contributed by atoms with E-state index in [1.165, 1.54) is 0 Å². The minimum Gasteiger partial charge on any atom is -0.382 e. The molecule has 1 aliphatic carbocycles. The van der Waals surface area contributed by atoms with Gasteiger partial charge in [0.2, 0.25) is 0 Å². The third-order valence-electron chi connectivity index (χ3n) is 3.10. The van der Waals surface area contributed by atoms with Crippen molar-refractivity contribution in [3.05, 3.63) is 42.5 Å². The van der Waals surface area contributed by atoms with Crippen LogP contribution in [0.3, 0.4) is 0 Å². The van der Waals surface area contributed by atoms with Crippen LogP contribution in [-0.4, -0.2) is 24.5 Å². The van der Waals surface area contributed by atoms with Gasteiger partial charge in [-0.2, -0.15) is 0 Å². The number of hydrogen-bond donors (Lipinski definition) is 3. The van der Waals surface area contributed by atoms with Gasteiger partial charge in [-0.05, 0) is 37.1 Å². The second-order valence-corrected chi connectivity index (χ2v) is 4.65. The van der Waals surface area contributed by atoms with E-state index in [1.807, 2.05) is 24.3 Å². The van der Waals surface area contributed by atoms with E-state index in [9.17, 15) is 4.79 Å². The van der Waals surface area contributed by atoms with Crippen LogP contribution in [0.25, 0.3) is 0 Å². The Labute approximate surface area is 107 Å². The minimum atomic E-state index is -0.0767. The normalized spacial score (nSPS) is 21.8. The Kier molecular flexibility index (Phi) is 3.99. The number of amides is 1. The van der Waals surface area contributed by atoms with Crippen molar-refractivity contribution in [2.45, 2.75) is 24.9 Å². The van der Waals surface area contributed by atoms with Gasteiger partial charge in [0.25, 0.3) is 5.91 Å². The van der Waals surface area contributed by atoms with Crippen LogP contribution in [-0.2, 0) is 0 Å². The molecule has 0 radical (unpaired) electrons. The van der Waals surface area contributed by atoms with Gasteiger partial charge < -0.3 is 16.4 Å². The molecule has 1 saturated carbocycles. The van der Waals surface area contributed by atoms with Crippen molar-refractivity contribution in [3.63, 3.8) is 0 Å². The lowest BCUT2D eigenvalue weighted by Crippen LogP contribution is -2.44. The first-order valence-corrected chi connectivity index (χ1v) is 6.20. The van der Waals surface area contributed by atoms with Gasteiger partial charge in [-0.1, -0.05) is 6.08 Å². The molecule has 0 aromatic heterocycles. The highest BCUT2D eigenvalue weighted by molar-refractivity contribution is 5.94. The highest BCUT2D eigenvalue weighted by Gasteiger charge is 2.25. The second-order valence-electron chi connectivity index (χ2n) is 4.65. The molecule has 1 fully saturated rings. The number of carbonyl (C=O) groups excluding carboxylic acids is 1. The van der Waals surface area contributed by atoms with E-state index in [-0.39, 0.29) is 5.91 Å². The molecule has 0 atom stereocenters. The number of hydrogen-bond acceptors (Lipinski definition) is 3. The smallest absolute Gasteiger partial charge is 0.251 e. The van der Waals surface area contributed by atoms with Gasteiger partial charge in [-0.3, -0.25) is 4.79 Å². The lowest BCUT2D eigenvalue weighted by Gasteiger charge is -2.33. The number of nitrogens with one attached hydrogen (secondary N) is 2. The Bertz CT molecular complexity index is 421. The summed E-state index contributed by atoms with van der Waals surface area (Å²) in [7, 11) is 0. The first-order chi connectivity index (χ1) is 8.69. The molecule has 1 aliphatic rings. The van der Waals surface area contributed by atoms with Crippen molar-refractivity contribution in [1.82, 2.24) is 5.32 Å². The van der Waals surface area contributed by atoms with Gasteiger partial charge in [0, 0.05) is 29.9 Å².